The minimum absolute atomic E-state index is 0.0577. The molecule has 1 saturated heterocycles. The van der Waals surface area contributed by atoms with Gasteiger partial charge in [0.1, 0.15) is 11.6 Å². The molecule has 1 aromatic carbocycles. The molecule has 1 fully saturated rings. The summed E-state index contributed by atoms with van der Waals surface area (Å²) in [5, 5.41) is 2.93. The highest BCUT2D eigenvalue weighted by Crippen LogP contribution is 2.13. The van der Waals surface area contributed by atoms with Gasteiger partial charge in [0.15, 0.2) is 0 Å². The number of nitrogens with zero attached hydrogens (tertiary/aromatic N) is 2. The largest absolute Gasteiger partial charge is 0.379 e. The molecule has 0 saturated carbocycles. The smallest absolute Gasteiger partial charge is 0.220 e. The van der Waals surface area contributed by atoms with Crippen molar-refractivity contribution in [3.63, 3.8) is 0 Å². The number of nitrogens with one attached hydrogen (secondary N) is 2. The van der Waals surface area contributed by atoms with E-state index >= 15 is 0 Å². The van der Waals surface area contributed by atoms with Crippen molar-refractivity contribution in [3.8, 4) is 0 Å². The molecule has 0 spiro atoms. The zero-order chi connectivity index (χ0) is 17.6. The standard InChI is InChI=1S/C18H25FN4O2/c1-13(23-8-10-25-11-9-23)2-5-18(24)20-7-6-17-21-15-4-3-14(19)12-16(15)22-17/h3-4,12-13H,2,5-11H2,1H3,(H,20,24)(H,21,22)/t13-/m1/s1. The monoisotopic (exact) mass is 348 g/mol. The molecule has 1 amide bonds. The maximum absolute atomic E-state index is 13.2. The van der Waals surface area contributed by atoms with Crippen molar-refractivity contribution < 1.29 is 13.9 Å². The van der Waals surface area contributed by atoms with E-state index in [2.05, 4.69) is 27.1 Å². The Morgan fingerprint density at radius 1 is 1.44 bits per heavy atom. The lowest BCUT2D eigenvalue weighted by Gasteiger charge is -2.32. The number of morpholine rings is 1. The van der Waals surface area contributed by atoms with Crippen molar-refractivity contribution in [1.29, 1.82) is 0 Å². The average molecular weight is 348 g/mol. The van der Waals surface area contributed by atoms with Crippen molar-refractivity contribution in [2.24, 2.45) is 0 Å². The number of aromatic amines is 1. The summed E-state index contributed by atoms with van der Waals surface area (Å²) in [5.74, 6) is 0.523. The van der Waals surface area contributed by atoms with Crippen LogP contribution in [0.5, 0.6) is 0 Å². The first kappa shape index (κ1) is 17.8. The predicted molar refractivity (Wildman–Crippen MR) is 93.9 cm³/mol. The van der Waals surface area contributed by atoms with Gasteiger partial charge in [-0.15, -0.1) is 0 Å². The lowest BCUT2D eigenvalue weighted by atomic mass is 10.1. The Morgan fingerprint density at radius 3 is 3.04 bits per heavy atom. The number of halogens is 1. The second kappa shape index (κ2) is 8.40. The number of hydrogen-bond donors (Lipinski definition) is 2. The molecule has 25 heavy (non-hydrogen) atoms. The fraction of sp³-hybridized carbons (Fsp3) is 0.556. The minimum Gasteiger partial charge on any atom is -0.379 e. The van der Waals surface area contributed by atoms with Gasteiger partial charge in [0.25, 0.3) is 0 Å². The zero-order valence-electron chi connectivity index (χ0n) is 14.6. The molecule has 0 unspecified atom stereocenters. The number of aromatic nitrogens is 2. The third kappa shape index (κ3) is 4.99. The summed E-state index contributed by atoms with van der Waals surface area (Å²) in [7, 11) is 0. The highest BCUT2D eigenvalue weighted by atomic mass is 19.1. The summed E-state index contributed by atoms with van der Waals surface area (Å²) in [6, 6.07) is 4.86. The number of imidazole rings is 1. The quantitative estimate of drug-likeness (QED) is 0.801. The summed E-state index contributed by atoms with van der Waals surface area (Å²) < 4.78 is 18.5. The van der Waals surface area contributed by atoms with Crippen LogP contribution in [0.4, 0.5) is 4.39 Å². The maximum Gasteiger partial charge on any atom is 0.220 e. The summed E-state index contributed by atoms with van der Waals surface area (Å²) >= 11 is 0. The number of rotatable bonds is 7. The number of amides is 1. The molecule has 2 N–H and O–H groups in total. The van der Waals surface area contributed by atoms with Crippen molar-refractivity contribution >= 4 is 16.9 Å². The van der Waals surface area contributed by atoms with Crippen molar-refractivity contribution in [2.45, 2.75) is 32.2 Å². The molecule has 1 aliphatic heterocycles. The molecule has 1 aromatic heterocycles. The topological polar surface area (TPSA) is 70.2 Å². The van der Waals surface area contributed by atoms with E-state index in [1.807, 2.05) is 0 Å². The van der Waals surface area contributed by atoms with Crippen LogP contribution in [0.1, 0.15) is 25.6 Å². The van der Waals surface area contributed by atoms with E-state index in [0.717, 1.165) is 44.1 Å². The lowest BCUT2D eigenvalue weighted by molar-refractivity contribution is -0.121. The Bertz CT molecular complexity index is 712. The first-order chi connectivity index (χ1) is 12.1. The third-order valence-electron chi connectivity index (χ3n) is 4.64. The fourth-order valence-electron chi connectivity index (χ4n) is 3.10. The molecule has 0 aliphatic carbocycles. The number of carbonyl (C=O) groups excluding carboxylic acids is 1. The maximum atomic E-state index is 13.2. The summed E-state index contributed by atoms with van der Waals surface area (Å²) in [6.45, 7) is 6.11. The third-order valence-corrected chi connectivity index (χ3v) is 4.64. The molecular weight excluding hydrogens is 323 g/mol. The van der Waals surface area contributed by atoms with Crippen LogP contribution < -0.4 is 5.32 Å². The van der Waals surface area contributed by atoms with Crippen LogP contribution in [0.2, 0.25) is 0 Å². The van der Waals surface area contributed by atoms with E-state index in [4.69, 9.17) is 4.74 Å². The lowest BCUT2D eigenvalue weighted by Crippen LogP contribution is -2.42. The van der Waals surface area contributed by atoms with E-state index in [0.29, 0.717) is 30.9 Å². The molecule has 7 heteroatoms. The van der Waals surface area contributed by atoms with Crippen molar-refractivity contribution in [1.82, 2.24) is 20.2 Å². The summed E-state index contributed by atoms with van der Waals surface area (Å²) in [6.07, 6.45) is 1.96. The molecule has 1 aliphatic rings. The van der Waals surface area contributed by atoms with Gasteiger partial charge >= 0.3 is 0 Å². The summed E-state index contributed by atoms with van der Waals surface area (Å²) in [4.78, 5) is 21.8. The second-order valence-electron chi connectivity index (χ2n) is 6.48. The number of H-pyrrole nitrogens is 1. The van der Waals surface area contributed by atoms with Crippen LogP contribution in [0, 0.1) is 5.82 Å². The first-order valence-corrected chi connectivity index (χ1v) is 8.84. The Morgan fingerprint density at radius 2 is 2.24 bits per heavy atom. The van der Waals surface area contributed by atoms with E-state index in [-0.39, 0.29) is 11.7 Å². The fourth-order valence-corrected chi connectivity index (χ4v) is 3.10. The van der Waals surface area contributed by atoms with Gasteiger partial charge in [0.05, 0.1) is 24.2 Å². The van der Waals surface area contributed by atoms with Gasteiger partial charge in [-0.25, -0.2) is 9.37 Å². The molecule has 6 nitrogen and oxygen atoms in total. The first-order valence-electron chi connectivity index (χ1n) is 8.84. The number of ether oxygens (including phenoxy) is 1. The number of carbonyl (C=O) groups is 1. The van der Waals surface area contributed by atoms with Crippen LogP contribution in [0.25, 0.3) is 11.0 Å². The van der Waals surface area contributed by atoms with E-state index in [1.54, 1.807) is 6.07 Å². The van der Waals surface area contributed by atoms with Crippen molar-refractivity contribution in [2.75, 3.05) is 32.8 Å². The van der Waals surface area contributed by atoms with Gasteiger partial charge in [-0.1, -0.05) is 0 Å². The van der Waals surface area contributed by atoms with Gasteiger partial charge < -0.3 is 15.0 Å². The van der Waals surface area contributed by atoms with Crippen LogP contribution in [0.15, 0.2) is 18.2 Å². The Labute approximate surface area is 146 Å². The van der Waals surface area contributed by atoms with E-state index in [1.165, 1.54) is 12.1 Å². The zero-order valence-corrected chi connectivity index (χ0v) is 14.6. The summed E-state index contributed by atoms with van der Waals surface area (Å²) in [5.41, 5.74) is 1.42. The van der Waals surface area contributed by atoms with E-state index in [9.17, 15) is 9.18 Å². The molecule has 1 atom stereocenters. The van der Waals surface area contributed by atoms with Crippen LogP contribution in [0.3, 0.4) is 0 Å². The minimum atomic E-state index is -0.287. The molecule has 0 bridgehead atoms. The SMILES string of the molecule is C[C@H](CCC(=O)NCCc1nc2ccc(F)cc2[nH]1)N1CCOCC1. The van der Waals surface area contributed by atoms with Gasteiger partial charge in [-0.2, -0.15) is 0 Å². The molecule has 0 radical (unpaired) electrons. The second-order valence-corrected chi connectivity index (χ2v) is 6.48. The number of benzene rings is 1. The Kier molecular flexibility index (Phi) is 5.99. The van der Waals surface area contributed by atoms with E-state index < -0.39 is 0 Å². The molecule has 3 rings (SSSR count). The highest BCUT2D eigenvalue weighted by Gasteiger charge is 2.17. The number of hydrogen-bond acceptors (Lipinski definition) is 4. The molecule has 2 aromatic rings. The van der Waals surface area contributed by atoms with Crippen LogP contribution >= 0.6 is 0 Å². The van der Waals surface area contributed by atoms with Crippen molar-refractivity contribution in [3.05, 3.63) is 29.8 Å². The molecule has 2 heterocycles. The van der Waals surface area contributed by atoms with Crippen LogP contribution in [-0.4, -0.2) is 59.7 Å². The van der Waals surface area contributed by atoms with Gasteiger partial charge in [-0.05, 0) is 31.5 Å². The molecular formula is C18H25FN4O2. The highest BCUT2D eigenvalue weighted by molar-refractivity contribution is 5.76. The predicted octanol–water partition coefficient (Wildman–Crippen LogP) is 1.86. The Balaban J connectivity index is 1.38. The number of fused-ring (bicyclic) bond motifs is 1. The van der Waals surface area contributed by atoms with Crippen LogP contribution in [-0.2, 0) is 16.0 Å². The van der Waals surface area contributed by atoms with Gasteiger partial charge in [0.2, 0.25) is 5.91 Å². The average Bonchev–Trinajstić information content (AvgIpc) is 3.02. The Hall–Kier alpha value is -1.99. The van der Waals surface area contributed by atoms with Gasteiger partial charge in [0, 0.05) is 38.5 Å². The molecule has 136 valence electrons. The normalized spacial score (nSPS) is 16.9. The van der Waals surface area contributed by atoms with Gasteiger partial charge in [-0.3, -0.25) is 9.69 Å².